The van der Waals surface area contributed by atoms with Crippen molar-refractivity contribution in [3.63, 3.8) is 0 Å². The maximum atomic E-state index is 10.9. The minimum absolute atomic E-state index is 0.367. The van der Waals surface area contributed by atoms with Crippen LogP contribution < -0.4 is 4.74 Å². The molecule has 0 unspecified atom stereocenters. The number of carbonyl (C=O) groups is 1. The molecule has 18 heavy (non-hydrogen) atoms. The van der Waals surface area contributed by atoms with Crippen molar-refractivity contribution < 1.29 is 14.6 Å². The number of ether oxygens (including phenoxy) is 1. The molecule has 1 aliphatic rings. The van der Waals surface area contributed by atoms with E-state index in [2.05, 4.69) is 6.07 Å². The van der Waals surface area contributed by atoms with Crippen LogP contribution in [0.4, 0.5) is 0 Å². The minimum atomic E-state index is -0.909. The first kappa shape index (κ1) is 12.7. The van der Waals surface area contributed by atoms with Crippen molar-refractivity contribution >= 4 is 11.5 Å². The number of carboxylic acid groups (broad SMARTS) is 1. The highest BCUT2D eigenvalue weighted by atomic mass is 16.5. The van der Waals surface area contributed by atoms with Gasteiger partial charge in [0.2, 0.25) is 0 Å². The molecule has 0 saturated heterocycles. The largest absolute Gasteiger partial charge is 0.487 e. The van der Waals surface area contributed by atoms with Crippen molar-refractivity contribution in [2.24, 2.45) is 0 Å². The number of benzene rings is 1. The second kappa shape index (κ2) is 4.16. The fraction of sp³-hybridized carbons (Fsp3) is 0.400. The van der Waals surface area contributed by atoms with Crippen LogP contribution in [0.3, 0.4) is 0 Å². The highest BCUT2D eigenvalue weighted by molar-refractivity contribution is 5.92. The van der Waals surface area contributed by atoms with Gasteiger partial charge in [-0.15, -0.1) is 0 Å². The number of rotatable bonds is 1. The molecule has 1 aromatic carbocycles. The van der Waals surface area contributed by atoms with E-state index in [0.29, 0.717) is 6.42 Å². The third-order valence-corrected chi connectivity index (χ3v) is 3.06. The van der Waals surface area contributed by atoms with Crippen LogP contribution in [0, 0.1) is 13.8 Å². The molecule has 0 amide bonds. The molecule has 0 saturated carbocycles. The van der Waals surface area contributed by atoms with Gasteiger partial charge in [0.05, 0.1) is 0 Å². The zero-order chi connectivity index (χ0) is 13.5. The molecule has 1 aliphatic heterocycles. The summed E-state index contributed by atoms with van der Waals surface area (Å²) in [6, 6.07) is 4.05. The second-order valence-electron chi connectivity index (χ2n) is 5.50. The Morgan fingerprint density at radius 2 is 2.06 bits per heavy atom. The molecule has 96 valence electrons. The van der Waals surface area contributed by atoms with Gasteiger partial charge < -0.3 is 9.84 Å². The number of aliphatic carboxylic acids is 1. The average molecular weight is 246 g/mol. The van der Waals surface area contributed by atoms with E-state index in [1.165, 1.54) is 6.08 Å². The van der Waals surface area contributed by atoms with Crippen molar-refractivity contribution in [3.05, 3.63) is 34.9 Å². The van der Waals surface area contributed by atoms with Gasteiger partial charge in [-0.2, -0.15) is 0 Å². The van der Waals surface area contributed by atoms with Gasteiger partial charge >= 0.3 is 5.97 Å². The maximum Gasteiger partial charge on any atom is 0.328 e. The van der Waals surface area contributed by atoms with E-state index in [0.717, 1.165) is 28.0 Å². The van der Waals surface area contributed by atoms with Crippen molar-refractivity contribution in [1.82, 2.24) is 0 Å². The third-order valence-electron chi connectivity index (χ3n) is 3.06. The van der Waals surface area contributed by atoms with Crippen LogP contribution in [0.2, 0.25) is 0 Å². The first-order valence-corrected chi connectivity index (χ1v) is 6.03. The van der Waals surface area contributed by atoms with Gasteiger partial charge in [-0.05, 0) is 50.5 Å². The predicted molar refractivity (Wildman–Crippen MR) is 70.9 cm³/mol. The van der Waals surface area contributed by atoms with Crippen LogP contribution >= 0.6 is 0 Å². The van der Waals surface area contributed by atoms with Crippen LogP contribution in [-0.4, -0.2) is 16.7 Å². The number of hydrogen-bond donors (Lipinski definition) is 1. The van der Waals surface area contributed by atoms with Crippen LogP contribution in [0.1, 0.15) is 37.0 Å². The molecule has 0 fully saturated rings. The number of carboxylic acids is 1. The quantitative estimate of drug-likeness (QED) is 0.773. The lowest BCUT2D eigenvalue weighted by Gasteiger charge is -2.35. The topological polar surface area (TPSA) is 46.5 Å². The predicted octanol–water partition coefficient (Wildman–Crippen LogP) is 3.33. The van der Waals surface area contributed by atoms with Crippen LogP contribution in [0.25, 0.3) is 5.57 Å². The third kappa shape index (κ3) is 2.40. The fourth-order valence-electron chi connectivity index (χ4n) is 2.47. The normalized spacial score (nSPS) is 19.2. The number of hydrogen-bond acceptors (Lipinski definition) is 2. The second-order valence-corrected chi connectivity index (χ2v) is 5.50. The first-order chi connectivity index (χ1) is 8.28. The molecule has 0 atom stereocenters. The molecular formula is C15H18O3. The summed E-state index contributed by atoms with van der Waals surface area (Å²) in [4.78, 5) is 10.9. The molecule has 0 spiro atoms. The van der Waals surface area contributed by atoms with Crippen LogP contribution in [0.5, 0.6) is 5.75 Å². The van der Waals surface area contributed by atoms with Gasteiger partial charge in [-0.1, -0.05) is 6.07 Å². The average Bonchev–Trinajstić information content (AvgIpc) is 2.18. The Kier molecular flexibility index (Phi) is 2.93. The van der Waals surface area contributed by atoms with E-state index in [1.807, 2.05) is 33.8 Å². The molecule has 1 aromatic rings. The first-order valence-electron chi connectivity index (χ1n) is 6.03. The summed E-state index contributed by atoms with van der Waals surface area (Å²) >= 11 is 0. The Morgan fingerprint density at radius 3 is 2.67 bits per heavy atom. The zero-order valence-corrected chi connectivity index (χ0v) is 11.2. The molecule has 0 radical (unpaired) electrons. The van der Waals surface area contributed by atoms with E-state index in [-0.39, 0.29) is 5.60 Å². The molecule has 0 bridgehead atoms. The van der Waals surface area contributed by atoms with Gasteiger partial charge in [-0.3, -0.25) is 0 Å². The van der Waals surface area contributed by atoms with Crippen molar-refractivity contribution in [2.45, 2.75) is 39.7 Å². The smallest absolute Gasteiger partial charge is 0.328 e. The van der Waals surface area contributed by atoms with Crippen molar-refractivity contribution in [3.8, 4) is 5.75 Å². The van der Waals surface area contributed by atoms with E-state index in [9.17, 15) is 4.79 Å². The summed E-state index contributed by atoms with van der Waals surface area (Å²) in [5.41, 5.74) is 3.54. The van der Waals surface area contributed by atoms with E-state index in [1.54, 1.807) is 0 Å². The molecule has 0 aliphatic carbocycles. The van der Waals surface area contributed by atoms with E-state index >= 15 is 0 Å². The van der Waals surface area contributed by atoms with Gasteiger partial charge in [-0.25, -0.2) is 4.79 Å². The molecule has 1 heterocycles. The van der Waals surface area contributed by atoms with Gasteiger partial charge in [0.1, 0.15) is 11.4 Å². The Balaban J connectivity index is 2.64. The van der Waals surface area contributed by atoms with Crippen LogP contribution in [-0.2, 0) is 4.79 Å². The summed E-state index contributed by atoms with van der Waals surface area (Å²) in [6.07, 6.45) is 1.90. The molecular weight excluding hydrogens is 228 g/mol. The van der Waals surface area contributed by atoms with Crippen LogP contribution in [0.15, 0.2) is 18.2 Å². The van der Waals surface area contributed by atoms with Gasteiger partial charge in [0.15, 0.2) is 0 Å². The maximum absolute atomic E-state index is 10.9. The van der Waals surface area contributed by atoms with Crippen molar-refractivity contribution in [1.29, 1.82) is 0 Å². The minimum Gasteiger partial charge on any atom is -0.487 e. The highest BCUT2D eigenvalue weighted by Gasteiger charge is 2.31. The summed E-state index contributed by atoms with van der Waals surface area (Å²) in [5.74, 6) is -0.0999. The highest BCUT2D eigenvalue weighted by Crippen LogP contribution is 2.42. The summed E-state index contributed by atoms with van der Waals surface area (Å²) in [6.45, 7) is 7.95. The lowest BCUT2D eigenvalue weighted by Crippen LogP contribution is -2.32. The summed E-state index contributed by atoms with van der Waals surface area (Å²) in [7, 11) is 0. The monoisotopic (exact) mass is 246 g/mol. The fourth-order valence-corrected chi connectivity index (χ4v) is 2.47. The molecule has 0 aromatic heterocycles. The SMILES string of the molecule is Cc1cc(C)c2c(c1)/C(=C/C(=O)O)CC(C)(C)O2. The Labute approximate surface area is 107 Å². The number of fused-ring (bicyclic) bond motifs is 1. The van der Waals surface area contributed by atoms with E-state index < -0.39 is 5.97 Å². The van der Waals surface area contributed by atoms with Crippen molar-refractivity contribution in [2.75, 3.05) is 0 Å². The molecule has 1 N–H and O–H groups in total. The zero-order valence-electron chi connectivity index (χ0n) is 11.2. The standard InChI is InChI=1S/C15H18O3/c1-9-5-10(2)14-12(6-9)11(7-13(16)17)8-15(3,4)18-14/h5-7H,8H2,1-4H3,(H,16,17)/b11-7+. The lowest BCUT2D eigenvalue weighted by atomic mass is 9.87. The lowest BCUT2D eigenvalue weighted by molar-refractivity contribution is -0.131. The van der Waals surface area contributed by atoms with Gasteiger partial charge in [0, 0.05) is 18.1 Å². The molecule has 2 rings (SSSR count). The Hall–Kier alpha value is -1.77. The summed E-state index contributed by atoms with van der Waals surface area (Å²) < 4.78 is 5.98. The molecule has 3 nitrogen and oxygen atoms in total. The van der Waals surface area contributed by atoms with E-state index in [4.69, 9.17) is 9.84 Å². The Bertz CT molecular complexity index is 539. The Morgan fingerprint density at radius 1 is 1.39 bits per heavy atom. The molecule has 3 heteroatoms. The van der Waals surface area contributed by atoms with Gasteiger partial charge in [0.25, 0.3) is 0 Å². The number of aryl methyl sites for hydroxylation is 2. The summed E-state index contributed by atoms with van der Waals surface area (Å²) in [5, 5.41) is 8.98.